The van der Waals surface area contributed by atoms with Gasteiger partial charge in [0.15, 0.2) is 5.96 Å². The van der Waals surface area contributed by atoms with Crippen molar-refractivity contribution in [1.82, 2.24) is 15.1 Å². The van der Waals surface area contributed by atoms with Crippen LogP contribution in [-0.2, 0) is 4.79 Å². The summed E-state index contributed by atoms with van der Waals surface area (Å²) in [5, 5.41) is 3.53. The number of carbonyl (C=O) groups is 1. The van der Waals surface area contributed by atoms with Gasteiger partial charge in [0, 0.05) is 39.1 Å². The minimum Gasteiger partial charge on any atom is -0.370 e. The molecule has 0 spiro atoms. The van der Waals surface area contributed by atoms with Crippen molar-refractivity contribution in [2.24, 2.45) is 22.6 Å². The van der Waals surface area contributed by atoms with E-state index in [-0.39, 0.29) is 29.9 Å². The van der Waals surface area contributed by atoms with Gasteiger partial charge in [0.05, 0.1) is 0 Å². The zero-order chi connectivity index (χ0) is 16.1. The minimum atomic E-state index is -0.198. The average Bonchev–Trinajstić information content (AvgIpc) is 3.27. The maximum atomic E-state index is 11.1. The molecule has 1 aliphatic carbocycles. The van der Waals surface area contributed by atoms with Crippen LogP contribution in [0.25, 0.3) is 0 Å². The van der Waals surface area contributed by atoms with Crippen LogP contribution in [0.5, 0.6) is 0 Å². The number of nitrogens with two attached hydrogens (primary N) is 1. The van der Waals surface area contributed by atoms with Crippen molar-refractivity contribution in [2.75, 3.05) is 40.8 Å². The first-order valence-corrected chi connectivity index (χ1v) is 8.41. The lowest BCUT2D eigenvalue weighted by Gasteiger charge is -2.35. The zero-order valence-corrected chi connectivity index (χ0v) is 17.0. The van der Waals surface area contributed by atoms with E-state index in [4.69, 9.17) is 5.73 Å². The largest absolute Gasteiger partial charge is 0.370 e. The third-order valence-electron chi connectivity index (χ3n) is 4.82. The van der Waals surface area contributed by atoms with Crippen molar-refractivity contribution in [3.63, 3.8) is 0 Å². The topological polar surface area (TPSA) is 74.0 Å². The average molecular weight is 437 g/mol. The summed E-state index contributed by atoms with van der Waals surface area (Å²) in [7, 11) is 6.14. The molecule has 2 atom stereocenters. The molecule has 0 bridgehead atoms. The molecule has 1 saturated carbocycles. The molecule has 1 aliphatic heterocycles. The fourth-order valence-electron chi connectivity index (χ4n) is 3.49. The smallest absolute Gasteiger partial charge is 0.217 e. The molecule has 0 aromatic carbocycles. The van der Waals surface area contributed by atoms with E-state index < -0.39 is 0 Å². The van der Waals surface area contributed by atoms with Gasteiger partial charge in [0.2, 0.25) is 5.91 Å². The summed E-state index contributed by atoms with van der Waals surface area (Å²) in [5.41, 5.74) is 5.34. The van der Waals surface area contributed by atoms with E-state index in [2.05, 4.69) is 34.2 Å². The first-order valence-electron chi connectivity index (χ1n) is 8.41. The molecule has 2 rings (SSSR count). The van der Waals surface area contributed by atoms with Gasteiger partial charge in [-0.1, -0.05) is 0 Å². The fourth-order valence-corrected chi connectivity index (χ4v) is 3.49. The second-order valence-corrected chi connectivity index (χ2v) is 6.92. The number of primary amides is 1. The number of halogens is 1. The van der Waals surface area contributed by atoms with Gasteiger partial charge in [-0.15, -0.1) is 24.0 Å². The molecular formula is C16H32IN5O. The Morgan fingerprint density at radius 2 is 2.09 bits per heavy atom. The van der Waals surface area contributed by atoms with Gasteiger partial charge < -0.3 is 20.9 Å². The molecule has 6 nitrogen and oxygen atoms in total. The Kier molecular flexibility index (Phi) is 8.60. The highest BCUT2D eigenvalue weighted by Crippen LogP contribution is 2.34. The van der Waals surface area contributed by atoms with Gasteiger partial charge >= 0.3 is 0 Å². The molecule has 1 saturated heterocycles. The van der Waals surface area contributed by atoms with Gasteiger partial charge in [-0.3, -0.25) is 9.79 Å². The monoisotopic (exact) mass is 437 g/mol. The van der Waals surface area contributed by atoms with Gasteiger partial charge in [0.25, 0.3) is 0 Å². The second kappa shape index (κ2) is 9.66. The number of hydrogen-bond acceptors (Lipinski definition) is 3. The summed E-state index contributed by atoms with van der Waals surface area (Å²) in [6.45, 7) is 2.81. The number of nitrogens with zero attached hydrogens (tertiary/aromatic N) is 3. The lowest BCUT2D eigenvalue weighted by molar-refractivity contribution is -0.119. The summed E-state index contributed by atoms with van der Waals surface area (Å²) in [4.78, 5) is 20.2. The summed E-state index contributed by atoms with van der Waals surface area (Å²) in [6, 6.07) is 0.572. The Morgan fingerprint density at radius 1 is 1.39 bits per heavy atom. The predicted molar refractivity (Wildman–Crippen MR) is 105 cm³/mol. The van der Waals surface area contributed by atoms with E-state index in [9.17, 15) is 4.79 Å². The van der Waals surface area contributed by atoms with Crippen molar-refractivity contribution in [3.8, 4) is 0 Å². The van der Waals surface area contributed by atoms with E-state index in [0.29, 0.717) is 18.4 Å². The van der Waals surface area contributed by atoms with Crippen LogP contribution in [0.15, 0.2) is 4.99 Å². The van der Waals surface area contributed by atoms with Crippen LogP contribution in [0.4, 0.5) is 0 Å². The maximum absolute atomic E-state index is 11.1. The lowest BCUT2D eigenvalue weighted by Crippen LogP contribution is -2.50. The van der Waals surface area contributed by atoms with E-state index in [1.165, 1.54) is 12.8 Å². The number of aliphatic imine (C=N–C) groups is 1. The standard InChI is InChI=1S/C16H31N5O.HI/c1-18-16(19-10-14(20(2)3)13-6-7-13)21-8-4-5-12(11-21)9-15(17)22;/h12-14H,4-11H2,1-3H3,(H2,17,22)(H,18,19);1H. The van der Waals surface area contributed by atoms with Gasteiger partial charge in [-0.25, -0.2) is 0 Å². The Labute approximate surface area is 157 Å². The molecule has 23 heavy (non-hydrogen) atoms. The van der Waals surface area contributed by atoms with Crippen molar-refractivity contribution in [2.45, 2.75) is 38.1 Å². The van der Waals surface area contributed by atoms with Crippen LogP contribution in [0.1, 0.15) is 32.1 Å². The number of hydrogen-bond donors (Lipinski definition) is 2. The SMILES string of the molecule is CN=C(NCC(C1CC1)N(C)C)N1CCCC(CC(N)=O)C1.I. The normalized spacial score (nSPS) is 23.4. The molecule has 0 radical (unpaired) electrons. The second-order valence-electron chi connectivity index (χ2n) is 6.92. The molecule has 1 heterocycles. The van der Waals surface area contributed by atoms with Gasteiger partial charge in [0.1, 0.15) is 0 Å². The molecular weight excluding hydrogens is 405 g/mol. The van der Waals surface area contributed by atoms with Crippen LogP contribution in [0, 0.1) is 11.8 Å². The molecule has 3 N–H and O–H groups in total. The molecule has 134 valence electrons. The Hall–Kier alpha value is -0.570. The van der Waals surface area contributed by atoms with E-state index in [0.717, 1.165) is 44.4 Å². The molecule has 7 heteroatoms. The van der Waals surface area contributed by atoms with Crippen LogP contribution in [0.2, 0.25) is 0 Å². The number of nitrogens with one attached hydrogen (secondary N) is 1. The number of guanidine groups is 1. The van der Waals surface area contributed by atoms with Crippen LogP contribution in [-0.4, -0.2) is 68.5 Å². The highest BCUT2D eigenvalue weighted by Gasteiger charge is 2.33. The van der Waals surface area contributed by atoms with E-state index >= 15 is 0 Å². The number of amides is 1. The summed E-state index contributed by atoms with van der Waals surface area (Å²) in [5.74, 6) is 1.94. The van der Waals surface area contributed by atoms with Gasteiger partial charge in [-0.2, -0.15) is 0 Å². The maximum Gasteiger partial charge on any atom is 0.217 e. The number of carbonyl (C=O) groups excluding carboxylic acids is 1. The first kappa shape index (κ1) is 20.5. The predicted octanol–water partition coefficient (Wildman–Crippen LogP) is 1.11. The third kappa shape index (κ3) is 6.45. The Bertz CT molecular complexity index is 409. The number of likely N-dealkylation sites (tertiary alicyclic amines) is 1. The highest BCUT2D eigenvalue weighted by molar-refractivity contribution is 14.0. The number of rotatable bonds is 6. The summed E-state index contributed by atoms with van der Waals surface area (Å²) < 4.78 is 0. The van der Waals surface area contributed by atoms with Crippen LogP contribution < -0.4 is 11.1 Å². The third-order valence-corrected chi connectivity index (χ3v) is 4.82. The molecule has 2 unspecified atom stereocenters. The Balaban J connectivity index is 0.00000264. The summed E-state index contributed by atoms with van der Waals surface area (Å²) in [6.07, 6.45) is 5.34. The van der Waals surface area contributed by atoms with Crippen molar-refractivity contribution in [3.05, 3.63) is 0 Å². The molecule has 0 aromatic heterocycles. The zero-order valence-electron chi connectivity index (χ0n) is 14.6. The summed E-state index contributed by atoms with van der Waals surface area (Å²) >= 11 is 0. The van der Waals surface area contributed by atoms with Crippen LogP contribution >= 0.6 is 24.0 Å². The number of likely N-dealkylation sites (N-methyl/N-ethyl adjacent to an activating group) is 1. The number of piperidine rings is 1. The van der Waals surface area contributed by atoms with Crippen molar-refractivity contribution < 1.29 is 4.79 Å². The van der Waals surface area contributed by atoms with Crippen molar-refractivity contribution in [1.29, 1.82) is 0 Å². The highest BCUT2D eigenvalue weighted by atomic mass is 127. The fraction of sp³-hybridized carbons (Fsp3) is 0.875. The Morgan fingerprint density at radius 3 is 2.61 bits per heavy atom. The molecule has 2 aliphatic rings. The minimum absolute atomic E-state index is 0. The quantitative estimate of drug-likeness (QED) is 0.371. The molecule has 1 amide bonds. The van der Waals surface area contributed by atoms with E-state index in [1.807, 2.05) is 7.05 Å². The van der Waals surface area contributed by atoms with Crippen molar-refractivity contribution >= 4 is 35.8 Å². The molecule has 2 fully saturated rings. The van der Waals surface area contributed by atoms with Gasteiger partial charge in [-0.05, 0) is 51.6 Å². The first-order chi connectivity index (χ1) is 10.5. The molecule has 0 aromatic rings. The van der Waals surface area contributed by atoms with E-state index in [1.54, 1.807) is 0 Å². The lowest BCUT2D eigenvalue weighted by atomic mass is 9.95. The van der Waals surface area contributed by atoms with Crippen LogP contribution in [0.3, 0.4) is 0 Å².